The molecule has 4 aromatic carbocycles. The molecular weight excluding hydrogens is 378 g/mol. The minimum Gasteiger partial charge on any atom is -0.507 e. The first-order valence-electron chi connectivity index (χ1n) is 9.30. The molecule has 0 saturated heterocycles. The first kappa shape index (κ1) is 19.0. The Morgan fingerprint density at radius 2 is 1.37 bits per heavy atom. The van der Waals surface area contributed by atoms with Gasteiger partial charge in [-0.1, -0.05) is 24.3 Å². The molecule has 4 rings (SSSR count). The Balaban J connectivity index is 1.61. The highest BCUT2D eigenvalue weighted by Crippen LogP contribution is 2.27. The molecule has 0 aliphatic carbocycles. The average Bonchev–Trinajstić information content (AvgIpc) is 2.75. The number of rotatable bonds is 4. The van der Waals surface area contributed by atoms with Crippen molar-refractivity contribution in [3.63, 3.8) is 0 Å². The lowest BCUT2D eigenvalue weighted by molar-refractivity contribution is 0.101. The lowest BCUT2D eigenvalue weighted by Crippen LogP contribution is -2.13. The molecule has 0 spiro atoms. The minimum atomic E-state index is -0.433. The molecule has 6 nitrogen and oxygen atoms in total. The fourth-order valence-electron chi connectivity index (χ4n) is 3.10. The van der Waals surface area contributed by atoms with Crippen LogP contribution in [-0.2, 0) is 0 Å². The molecule has 0 bridgehead atoms. The maximum Gasteiger partial charge on any atom is 0.259 e. The lowest BCUT2D eigenvalue weighted by atomic mass is 10.0. The number of nitrogens with two attached hydrogens (primary N) is 1. The van der Waals surface area contributed by atoms with Crippen molar-refractivity contribution in [2.45, 2.75) is 0 Å². The predicted molar refractivity (Wildman–Crippen MR) is 119 cm³/mol. The molecule has 5 N–H and O–H groups in total. The van der Waals surface area contributed by atoms with Gasteiger partial charge in [-0.3, -0.25) is 9.59 Å². The van der Waals surface area contributed by atoms with Crippen molar-refractivity contribution in [2.24, 2.45) is 0 Å². The molecule has 30 heavy (non-hydrogen) atoms. The minimum absolute atomic E-state index is 0.127. The zero-order valence-corrected chi connectivity index (χ0v) is 15.9. The van der Waals surface area contributed by atoms with Gasteiger partial charge in [0, 0.05) is 22.6 Å². The number of nitrogen functional groups attached to an aromatic ring is 1. The normalized spacial score (nSPS) is 10.5. The van der Waals surface area contributed by atoms with Gasteiger partial charge in [0.15, 0.2) is 0 Å². The van der Waals surface area contributed by atoms with Gasteiger partial charge in [-0.15, -0.1) is 0 Å². The quantitative estimate of drug-likeness (QED) is 0.377. The summed E-state index contributed by atoms with van der Waals surface area (Å²) in [5, 5.41) is 17.2. The number of amides is 2. The van der Waals surface area contributed by atoms with Crippen molar-refractivity contribution >= 4 is 39.6 Å². The number of benzene rings is 4. The van der Waals surface area contributed by atoms with Crippen LogP contribution in [0.4, 0.5) is 17.1 Å². The first-order chi connectivity index (χ1) is 14.5. The van der Waals surface area contributed by atoms with E-state index in [-0.39, 0.29) is 17.2 Å². The third-order valence-corrected chi connectivity index (χ3v) is 4.66. The molecule has 2 amide bonds. The van der Waals surface area contributed by atoms with Crippen LogP contribution in [0, 0.1) is 0 Å². The van der Waals surface area contributed by atoms with E-state index in [0.717, 1.165) is 0 Å². The van der Waals surface area contributed by atoms with Gasteiger partial charge in [-0.05, 0) is 71.4 Å². The van der Waals surface area contributed by atoms with Gasteiger partial charge in [-0.25, -0.2) is 0 Å². The van der Waals surface area contributed by atoms with E-state index in [2.05, 4.69) is 10.6 Å². The largest absolute Gasteiger partial charge is 0.507 e. The van der Waals surface area contributed by atoms with E-state index in [4.69, 9.17) is 5.73 Å². The molecule has 0 radical (unpaired) electrons. The van der Waals surface area contributed by atoms with E-state index in [1.807, 2.05) is 18.2 Å². The number of hydrogen-bond donors (Lipinski definition) is 4. The smallest absolute Gasteiger partial charge is 0.259 e. The molecule has 0 aliphatic rings. The Labute approximate surface area is 173 Å². The summed E-state index contributed by atoms with van der Waals surface area (Å²) in [5.41, 5.74) is 8.08. The van der Waals surface area contributed by atoms with Crippen LogP contribution in [0.2, 0.25) is 0 Å². The van der Waals surface area contributed by atoms with Gasteiger partial charge in [0.25, 0.3) is 11.8 Å². The molecule has 0 heterocycles. The van der Waals surface area contributed by atoms with Crippen LogP contribution in [0.3, 0.4) is 0 Å². The molecule has 0 aliphatic heterocycles. The lowest BCUT2D eigenvalue weighted by Gasteiger charge is -2.10. The third-order valence-electron chi connectivity index (χ3n) is 4.66. The van der Waals surface area contributed by atoms with Crippen LogP contribution < -0.4 is 16.4 Å². The molecular formula is C24H19N3O3. The molecule has 148 valence electrons. The van der Waals surface area contributed by atoms with Gasteiger partial charge < -0.3 is 21.5 Å². The van der Waals surface area contributed by atoms with E-state index in [1.54, 1.807) is 60.7 Å². The maximum absolute atomic E-state index is 12.6. The van der Waals surface area contributed by atoms with Crippen LogP contribution in [0.1, 0.15) is 20.7 Å². The van der Waals surface area contributed by atoms with Crippen molar-refractivity contribution in [1.82, 2.24) is 0 Å². The van der Waals surface area contributed by atoms with E-state index >= 15 is 0 Å². The summed E-state index contributed by atoms with van der Waals surface area (Å²) in [7, 11) is 0. The summed E-state index contributed by atoms with van der Waals surface area (Å²) in [6, 6.07) is 24.0. The van der Waals surface area contributed by atoms with E-state index in [0.29, 0.717) is 33.4 Å². The van der Waals surface area contributed by atoms with Gasteiger partial charge in [0.05, 0.1) is 5.56 Å². The summed E-state index contributed by atoms with van der Waals surface area (Å²) >= 11 is 0. The Morgan fingerprint density at radius 1 is 0.700 bits per heavy atom. The highest BCUT2D eigenvalue weighted by Gasteiger charge is 2.14. The molecule has 0 unspecified atom stereocenters. The number of phenolic OH excluding ortho intramolecular Hbond substituents is 1. The fraction of sp³-hybridized carbons (Fsp3) is 0. The molecule has 0 saturated carbocycles. The maximum atomic E-state index is 12.6. The van der Waals surface area contributed by atoms with E-state index in [1.165, 1.54) is 6.07 Å². The number of para-hydroxylation sites is 1. The number of carbonyl (C=O) groups excluding carboxylic acids is 2. The number of fused-ring (bicyclic) bond motifs is 1. The van der Waals surface area contributed by atoms with Crippen molar-refractivity contribution in [1.29, 1.82) is 0 Å². The Bertz CT molecular complexity index is 1240. The zero-order chi connectivity index (χ0) is 21.1. The standard InChI is InChI=1S/C24H19N3O3/c25-18-8-10-20(11-9-18)26-23(29)16-7-6-15-14-22(28)21(13-17(15)12-16)24(30)27-19-4-2-1-3-5-19/h1-14,28H,25H2,(H,26,29)(H,27,30). The van der Waals surface area contributed by atoms with Crippen molar-refractivity contribution in [2.75, 3.05) is 16.4 Å². The second-order valence-corrected chi connectivity index (χ2v) is 6.83. The summed E-state index contributed by atoms with van der Waals surface area (Å²) < 4.78 is 0. The van der Waals surface area contributed by atoms with Gasteiger partial charge >= 0.3 is 0 Å². The van der Waals surface area contributed by atoms with Crippen LogP contribution >= 0.6 is 0 Å². The number of aromatic hydroxyl groups is 1. The topological polar surface area (TPSA) is 104 Å². The first-order valence-corrected chi connectivity index (χ1v) is 9.30. The van der Waals surface area contributed by atoms with Crippen molar-refractivity contribution in [3.05, 3.63) is 96.1 Å². The molecule has 4 aromatic rings. The van der Waals surface area contributed by atoms with E-state index in [9.17, 15) is 14.7 Å². The Kier molecular flexibility index (Phi) is 5.05. The summed E-state index contributed by atoms with van der Waals surface area (Å²) in [4.78, 5) is 25.2. The number of hydrogen-bond acceptors (Lipinski definition) is 4. The number of carbonyl (C=O) groups is 2. The average molecular weight is 397 g/mol. The second-order valence-electron chi connectivity index (χ2n) is 6.83. The highest BCUT2D eigenvalue weighted by molar-refractivity contribution is 6.10. The third kappa shape index (κ3) is 4.07. The number of phenols is 1. The Morgan fingerprint density at radius 3 is 2.10 bits per heavy atom. The van der Waals surface area contributed by atoms with Crippen LogP contribution in [0.5, 0.6) is 5.75 Å². The van der Waals surface area contributed by atoms with Gasteiger partial charge in [-0.2, -0.15) is 0 Å². The fourth-order valence-corrected chi connectivity index (χ4v) is 3.10. The van der Waals surface area contributed by atoms with Crippen molar-refractivity contribution < 1.29 is 14.7 Å². The summed E-state index contributed by atoms with van der Waals surface area (Å²) in [5.74, 6) is -0.850. The summed E-state index contributed by atoms with van der Waals surface area (Å²) in [6.45, 7) is 0. The van der Waals surface area contributed by atoms with Crippen molar-refractivity contribution in [3.8, 4) is 5.75 Å². The number of nitrogens with one attached hydrogen (secondary N) is 2. The monoisotopic (exact) mass is 397 g/mol. The molecule has 0 atom stereocenters. The predicted octanol–water partition coefficient (Wildman–Crippen LogP) is 4.63. The Hall–Kier alpha value is -4.32. The van der Waals surface area contributed by atoms with Crippen LogP contribution in [0.25, 0.3) is 10.8 Å². The van der Waals surface area contributed by atoms with Crippen LogP contribution in [-0.4, -0.2) is 16.9 Å². The zero-order valence-electron chi connectivity index (χ0n) is 15.9. The molecule has 0 aromatic heterocycles. The van der Waals surface area contributed by atoms with Gasteiger partial charge in [0.1, 0.15) is 5.75 Å². The second kappa shape index (κ2) is 7.97. The van der Waals surface area contributed by atoms with Gasteiger partial charge in [0.2, 0.25) is 0 Å². The SMILES string of the molecule is Nc1ccc(NC(=O)c2ccc3cc(O)c(C(=O)Nc4ccccc4)cc3c2)cc1. The molecule has 0 fully saturated rings. The van der Waals surface area contributed by atoms with E-state index < -0.39 is 5.91 Å². The highest BCUT2D eigenvalue weighted by atomic mass is 16.3. The molecule has 6 heteroatoms. The summed E-state index contributed by atoms with van der Waals surface area (Å²) in [6.07, 6.45) is 0. The number of anilines is 3. The van der Waals surface area contributed by atoms with Crippen LogP contribution in [0.15, 0.2) is 84.9 Å².